The van der Waals surface area contributed by atoms with Crippen LogP contribution < -0.4 is 5.32 Å². The van der Waals surface area contributed by atoms with Crippen LogP contribution in [0.2, 0.25) is 0 Å². The van der Waals surface area contributed by atoms with Crippen LogP contribution in [0.3, 0.4) is 0 Å². The molecule has 5 nitrogen and oxygen atoms in total. The summed E-state index contributed by atoms with van der Waals surface area (Å²) < 4.78 is 0. The molecule has 2 aromatic rings. The number of benzene rings is 2. The van der Waals surface area contributed by atoms with E-state index in [4.69, 9.17) is 0 Å². The Morgan fingerprint density at radius 2 is 1.35 bits per heavy atom. The summed E-state index contributed by atoms with van der Waals surface area (Å²) in [5, 5.41) is 2.86. The summed E-state index contributed by atoms with van der Waals surface area (Å²) in [6, 6.07) is 16.3. The predicted molar refractivity (Wildman–Crippen MR) is 100.0 cm³/mol. The number of fused-ring (bicyclic) bond motifs is 1. The molecule has 0 saturated carbocycles. The molecule has 0 saturated heterocycles. The number of nitrogens with zero attached hydrogens (tertiary/aromatic N) is 1. The maximum atomic E-state index is 12.2. The van der Waals surface area contributed by atoms with E-state index in [0.717, 1.165) is 31.4 Å². The highest BCUT2D eigenvalue weighted by Gasteiger charge is 2.34. The Labute approximate surface area is 153 Å². The molecule has 1 heterocycles. The quantitative estimate of drug-likeness (QED) is 0.580. The van der Waals surface area contributed by atoms with Crippen molar-refractivity contribution in [2.45, 2.75) is 32.1 Å². The Morgan fingerprint density at radius 1 is 0.769 bits per heavy atom. The summed E-state index contributed by atoms with van der Waals surface area (Å²) >= 11 is 0. The molecule has 0 fully saturated rings. The lowest BCUT2D eigenvalue weighted by Crippen LogP contribution is -2.30. The smallest absolute Gasteiger partial charge is 0.261 e. The van der Waals surface area contributed by atoms with E-state index < -0.39 is 0 Å². The van der Waals surface area contributed by atoms with Crippen molar-refractivity contribution in [3.05, 3.63) is 65.7 Å². The van der Waals surface area contributed by atoms with Crippen LogP contribution in [-0.2, 0) is 4.79 Å². The molecule has 3 amide bonds. The summed E-state index contributed by atoms with van der Waals surface area (Å²) in [4.78, 5) is 37.7. The Kier molecular flexibility index (Phi) is 5.79. The number of hydrogen-bond donors (Lipinski definition) is 1. The number of amides is 3. The van der Waals surface area contributed by atoms with E-state index in [-0.39, 0.29) is 17.7 Å². The summed E-state index contributed by atoms with van der Waals surface area (Å²) in [6.45, 7) is 0.433. The van der Waals surface area contributed by atoms with Gasteiger partial charge in [-0.15, -0.1) is 0 Å². The normalized spacial score (nSPS) is 13.0. The molecular formula is C21H22N2O3. The number of anilines is 1. The highest BCUT2D eigenvalue weighted by atomic mass is 16.2. The predicted octanol–water partition coefficient (Wildman–Crippen LogP) is 3.87. The van der Waals surface area contributed by atoms with Crippen molar-refractivity contribution in [1.29, 1.82) is 0 Å². The minimum absolute atomic E-state index is 0.0107. The third-order valence-corrected chi connectivity index (χ3v) is 4.47. The highest BCUT2D eigenvalue weighted by Crippen LogP contribution is 2.22. The van der Waals surface area contributed by atoms with Gasteiger partial charge in [0.15, 0.2) is 0 Å². The molecule has 1 aliphatic rings. The van der Waals surface area contributed by atoms with Gasteiger partial charge in [-0.1, -0.05) is 43.2 Å². The molecule has 0 bridgehead atoms. The molecule has 2 aromatic carbocycles. The third kappa shape index (κ3) is 4.17. The van der Waals surface area contributed by atoms with E-state index in [2.05, 4.69) is 5.32 Å². The van der Waals surface area contributed by atoms with Gasteiger partial charge in [-0.2, -0.15) is 0 Å². The van der Waals surface area contributed by atoms with E-state index in [1.165, 1.54) is 4.90 Å². The van der Waals surface area contributed by atoms with Gasteiger partial charge >= 0.3 is 0 Å². The van der Waals surface area contributed by atoms with Gasteiger partial charge < -0.3 is 5.32 Å². The van der Waals surface area contributed by atoms with Crippen LogP contribution in [0.15, 0.2) is 54.6 Å². The van der Waals surface area contributed by atoms with Crippen molar-refractivity contribution in [1.82, 2.24) is 4.90 Å². The zero-order chi connectivity index (χ0) is 18.4. The number of carbonyl (C=O) groups excluding carboxylic acids is 3. The zero-order valence-electron chi connectivity index (χ0n) is 14.6. The minimum Gasteiger partial charge on any atom is -0.326 e. The van der Waals surface area contributed by atoms with Crippen molar-refractivity contribution >= 4 is 23.4 Å². The van der Waals surface area contributed by atoms with E-state index in [0.29, 0.717) is 24.1 Å². The average Bonchev–Trinajstić information content (AvgIpc) is 2.90. The molecule has 0 unspecified atom stereocenters. The Bertz CT molecular complexity index is 767. The second kappa shape index (κ2) is 8.43. The maximum absolute atomic E-state index is 12.2. The van der Waals surface area contributed by atoms with Gasteiger partial charge in [-0.3, -0.25) is 19.3 Å². The van der Waals surface area contributed by atoms with Crippen LogP contribution in [0.4, 0.5) is 5.69 Å². The Morgan fingerprint density at radius 3 is 2.00 bits per heavy atom. The first-order valence-corrected chi connectivity index (χ1v) is 8.97. The summed E-state index contributed by atoms with van der Waals surface area (Å²) in [6.07, 6.45) is 3.80. The molecule has 0 aromatic heterocycles. The molecule has 5 heteroatoms. The van der Waals surface area contributed by atoms with Gasteiger partial charge in [0.1, 0.15) is 0 Å². The third-order valence-electron chi connectivity index (χ3n) is 4.47. The van der Waals surface area contributed by atoms with E-state index in [9.17, 15) is 14.4 Å². The number of para-hydroxylation sites is 1. The number of hydrogen-bond acceptors (Lipinski definition) is 3. The highest BCUT2D eigenvalue weighted by molar-refractivity contribution is 6.21. The minimum atomic E-state index is -0.201. The van der Waals surface area contributed by atoms with Gasteiger partial charge in [0.25, 0.3) is 11.8 Å². The molecule has 0 spiro atoms. The largest absolute Gasteiger partial charge is 0.326 e. The molecule has 0 radical (unpaired) electrons. The maximum Gasteiger partial charge on any atom is 0.261 e. The molecular weight excluding hydrogens is 328 g/mol. The summed E-state index contributed by atoms with van der Waals surface area (Å²) in [5.41, 5.74) is 1.80. The van der Waals surface area contributed by atoms with Gasteiger partial charge in [-0.25, -0.2) is 0 Å². The van der Waals surface area contributed by atoms with Crippen molar-refractivity contribution in [2.75, 3.05) is 11.9 Å². The molecule has 26 heavy (non-hydrogen) atoms. The number of nitrogens with one attached hydrogen (secondary N) is 1. The van der Waals surface area contributed by atoms with Gasteiger partial charge in [0.05, 0.1) is 11.1 Å². The van der Waals surface area contributed by atoms with Crippen LogP contribution in [-0.4, -0.2) is 29.2 Å². The average molecular weight is 350 g/mol. The fourth-order valence-electron chi connectivity index (χ4n) is 3.10. The molecule has 134 valence electrons. The zero-order valence-corrected chi connectivity index (χ0v) is 14.6. The van der Waals surface area contributed by atoms with E-state index >= 15 is 0 Å². The number of imide groups is 1. The van der Waals surface area contributed by atoms with Gasteiger partial charge in [0, 0.05) is 18.7 Å². The molecule has 0 aliphatic carbocycles. The first-order valence-electron chi connectivity index (χ1n) is 8.97. The number of unbranched alkanes of at least 4 members (excludes halogenated alkanes) is 3. The second-order valence-electron chi connectivity index (χ2n) is 6.39. The lowest BCUT2D eigenvalue weighted by atomic mass is 10.1. The number of carbonyl (C=O) groups is 3. The van der Waals surface area contributed by atoms with Crippen LogP contribution >= 0.6 is 0 Å². The lowest BCUT2D eigenvalue weighted by Gasteiger charge is -2.13. The van der Waals surface area contributed by atoms with Crippen LogP contribution in [0, 0.1) is 0 Å². The fraction of sp³-hybridized carbons (Fsp3) is 0.286. The van der Waals surface area contributed by atoms with Crippen LogP contribution in [0.25, 0.3) is 0 Å². The SMILES string of the molecule is O=C(CCCCCCN1C(=O)c2ccccc2C1=O)Nc1ccccc1. The fourth-order valence-corrected chi connectivity index (χ4v) is 3.10. The van der Waals surface area contributed by atoms with Crippen LogP contribution in [0.5, 0.6) is 0 Å². The van der Waals surface area contributed by atoms with Crippen LogP contribution in [0.1, 0.15) is 52.8 Å². The molecule has 0 atom stereocenters. The number of rotatable bonds is 8. The Hall–Kier alpha value is -2.95. The van der Waals surface area contributed by atoms with Gasteiger partial charge in [-0.05, 0) is 37.1 Å². The van der Waals surface area contributed by atoms with Crippen molar-refractivity contribution in [3.63, 3.8) is 0 Å². The van der Waals surface area contributed by atoms with Gasteiger partial charge in [0.2, 0.25) is 5.91 Å². The van der Waals surface area contributed by atoms with E-state index in [1.807, 2.05) is 30.3 Å². The van der Waals surface area contributed by atoms with Crippen molar-refractivity contribution in [3.8, 4) is 0 Å². The molecule has 3 rings (SSSR count). The lowest BCUT2D eigenvalue weighted by molar-refractivity contribution is -0.116. The van der Waals surface area contributed by atoms with Crippen molar-refractivity contribution in [2.24, 2.45) is 0 Å². The Balaban J connectivity index is 1.33. The first-order chi connectivity index (χ1) is 12.7. The summed E-state index contributed by atoms with van der Waals surface area (Å²) in [7, 11) is 0. The topological polar surface area (TPSA) is 66.5 Å². The monoisotopic (exact) mass is 350 g/mol. The van der Waals surface area contributed by atoms with Crippen molar-refractivity contribution < 1.29 is 14.4 Å². The second-order valence-corrected chi connectivity index (χ2v) is 6.39. The first kappa shape index (κ1) is 17.9. The molecule has 1 N–H and O–H groups in total. The standard InChI is InChI=1S/C21H22N2O3/c24-19(22-16-10-4-3-5-11-16)14-6-1-2-9-15-23-20(25)17-12-7-8-13-18(17)21(23)26/h3-5,7-8,10-13H,1-2,6,9,14-15H2,(H,22,24). The van der Waals surface area contributed by atoms with E-state index in [1.54, 1.807) is 24.3 Å². The summed E-state index contributed by atoms with van der Waals surface area (Å²) in [5.74, 6) is -0.391. The molecule has 1 aliphatic heterocycles.